The molecule has 0 aromatic heterocycles. The molecule has 0 saturated heterocycles. The highest BCUT2D eigenvalue weighted by Gasteiger charge is 1.97. The van der Waals surface area contributed by atoms with Crippen molar-refractivity contribution < 1.29 is 4.74 Å². The van der Waals surface area contributed by atoms with E-state index in [2.05, 4.69) is 20.5 Å². The predicted molar refractivity (Wildman–Crippen MR) is 50.2 cm³/mol. The molecule has 0 unspecified atom stereocenters. The minimum Gasteiger partial charge on any atom is -0.492 e. The number of para-hydroxylation sites is 2. The molecule has 0 radical (unpaired) electrons. The Morgan fingerprint density at radius 2 is 2.18 bits per heavy atom. The van der Waals surface area contributed by atoms with Crippen LogP contribution in [0.15, 0.2) is 24.3 Å². The van der Waals surface area contributed by atoms with Gasteiger partial charge in [0.05, 0.1) is 12.3 Å². The summed E-state index contributed by atoms with van der Waals surface area (Å²) in [5.74, 6) is 0.867. The zero-order valence-electron chi connectivity index (χ0n) is 6.30. The molecule has 0 atom stereocenters. The van der Waals surface area contributed by atoms with E-state index in [4.69, 9.17) is 4.74 Å². The fourth-order valence-electron chi connectivity index (χ4n) is 0.826. The lowest BCUT2D eigenvalue weighted by Crippen LogP contribution is -1.93. The van der Waals surface area contributed by atoms with Crippen LogP contribution < -0.4 is 9.08 Å². The van der Waals surface area contributed by atoms with Crippen molar-refractivity contribution in [3.05, 3.63) is 24.3 Å². The summed E-state index contributed by atoms with van der Waals surface area (Å²) in [6.07, 6.45) is 0. The van der Waals surface area contributed by atoms with Gasteiger partial charge < -0.3 is 9.08 Å². The van der Waals surface area contributed by atoms with Crippen molar-refractivity contribution in [3.63, 3.8) is 0 Å². The maximum absolute atomic E-state index is 5.34. The van der Waals surface area contributed by atoms with Gasteiger partial charge in [0.15, 0.2) is 0 Å². The van der Waals surface area contributed by atoms with E-state index in [1.807, 2.05) is 31.2 Å². The molecule has 0 aliphatic heterocycles. The molecule has 0 bridgehead atoms. The van der Waals surface area contributed by atoms with Gasteiger partial charge in [-0.1, -0.05) is 12.1 Å². The smallest absolute Gasteiger partial charge is 0.143 e. The highest BCUT2D eigenvalue weighted by molar-refractivity contribution is 9.10. The average molecular weight is 216 g/mol. The van der Waals surface area contributed by atoms with Crippen LogP contribution in [0.25, 0.3) is 0 Å². The maximum Gasteiger partial charge on any atom is 0.143 e. The van der Waals surface area contributed by atoms with Crippen LogP contribution in [0, 0.1) is 0 Å². The van der Waals surface area contributed by atoms with E-state index in [0.717, 1.165) is 11.4 Å². The van der Waals surface area contributed by atoms with Gasteiger partial charge in [0.25, 0.3) is 0 Å². The summed E-state index contributed by atoms with van der Waals surface area (Å²) in [7, 11) is 0. The quantitative estimate of drug-likeness (QED) is 0.784. The van der Waals surface area contributed by atoms with Gasteiger partial charge in [0.2, 0.25) is 0 Å². The van der Waals surface area contributed by atoms with E-state index < -0.39 is 0 Å². The van der Waals surface area contributed by atoms with Crippen LogP contribution >= 0.6 is 16.1 Å². The SMILES string of the molecule is CCOc1ccccc1NBr. The summed E-state index contributed by atoms with van der Waals surface area (Å²) >= 11 is 3.15. The Hall–Kier alpha value is -0.700. The third kappa shape index (κ3) is 2.12. The normalized spacial score (nSPS) is 9.27. The monoisotopic (exact) mass is 215 g/mol. The molecular formula is C8H10BrNO. The van der Waals surface area contributed by atoms with Gasteiger partial charge in [-0.3, -0.25) is 0 Å². The first kappa shape index (κ1) is 8.40. The van der Waals surface area contributed by atoms with Crippen LogP contribution in [-0.2, 0) is 0 Å². The van der Waals surface area contributed by atoms with Gasteiger partial charge in [0, 0.05) is 16.1 Å². The molecule has 1 aromatic carbocycles. The molecule has 0 saturated carbocycles. The molecular weight excluding hydrogens is 206 g/mol. The van der Waals surface area contributed by atoms with E-state index in [9.17, 15) is 0 Å². The van der Waals surface area contributed by atoms with Gasteiger partial charge in [0.1, 0.15) is 5.75 Å². The van der Waals surface area contributed by atoms with E-state index in [1.165, 1.54) is 0 Å². The summed E-state index contributed by atoms with van der Waals surface area (Å²) in [6.45, 7) is 2.65. The van der Waals surface area contributed by atoms with Crippen LogP contribution in [0.5, 0.6) is 5.75 Å². The van der Waals surface area contributed by atoms with Gasteiger partial charge in [-0.15, -0.1) is 0 Å². The van der Waals surface area contributed by atoms with Crippen LogP contribution in [0.4, 0.5) is 5.69 Å². The average Bonchev–Trinajstić information content (AvgIpc) is 2.06. The molecule has 0 amide bonds. The van der Waals surface area contributed by atoms with Gasteiger partial charge in [-0.25, -0.2) is 0 Å². The molecule has 0 aliphatic carbocycles. The first-order valence-corrected chi connectivity index (χ1v) is 4.26. The predicted octanol–water partition coefficient (Wildman–Crippen LogP) is 2.81. The fourth-order valence-corrected chi connectivity index (χ4v) is 1.15. The molecule has 0 aliphatic rings. The standard InChI is InChI=1S/C8H10BrNO/c1-2-11-8-6-4-3-5-7(8)10-9/h3-6,10H,2H2,1H3. The third-order valence-corrected chi connectivity index (χ3v) is 1.72. The maximum atomic E-state index is 5.34. The highest BCUT2D eigenvalue weighted by Crippen LogP contribution is 2.24. The molecule has 1 rings (SSSR count). The lowest BCUT2D eigenvalue weighted by molar-refractivity contribution is 0.342. The van der Waals surface area contributed by atoms with Crippen molar-refractivity contribution in [1.29, 1.82) is 0 Å². The zero-order chi connectivity index (χ0) is 8.10. The second kappa shape index (κ2) is 4.23. The van der Waals surface area contributed by atoms with Crippen LogP contribution in [-0.4, -0.2) is 6.61 Å². The lowest BCUT2D eigenvalue weighted by atomic mass is 10.3. The number of hydrogen-bond acceptors (Lipinski definition) is 2. The highest BCUT2D eigenvalue weighted by atomic mass is 79.9. The van der Waals surface area contributed by atoms with Crippen molar-refractivity contribution >= 4 is 21.8 Å². The zero-order valence-corrected chi connectivity index (χ0v) is 7.89. The Labute approximate surface area is 74.9 Å². The summed E-state index contributed by atoms with van der Waals surface area (Å²) in [5, 5.41) is 0. The molecule has 0 spiro atoms. The van der Waals surface area contributed by atoms with Crippen LogP contribution in [0.1, 0.15) is 6.92 Å². The minimum absolute atomic E-state index is 0.686. The molecule has 60 valence electrons. The van der Waals surface area contributed by atoms with Crippen molar-refractivity contribution in [2.45, 2.75) is 6.92 Å². The van der Waals surface area contributed by atoms with Crippen LogP contribution in [0.2, 0.25) is 0 Å². The number of halogens is 1. The van der Waals surface area contributed by atoms with Crippen molar-refractivity contribution in [1.82, 2.24) is 0 Å². The van der Waals surface area contributed by atoms with E-state index >= 15 is 0 Å². The molecule has 2 nitrogen and oxygen atoms in total. The number of anilines is 1. The number of nitrogens with one attached hydrogen (secondary N) is 1. The largest absolute Gasteiger partial charge is 0.492 e. The van der Waals surface area contributed by atoms with Crippen LogP contribution in [0.3, 0.4) is 0 Å². The van der Waals surface area contributed by atoms with Gasteiger partial charge in [-0.2, -0.15) is 0 Å². The second-order valence-electron chi connectivity index (χ2n) is 2.02. The number of rotatable bonds is 3. The second-order valence-corrected chi connectivity index (χ2v) is 2.42. The molecule has 1 N–H and O–H groups in total. The molecule has 0 fully saturated rings. The summed E-state index contributed by atoms with van der Waals surface area (Å²) in [6, 6.07) is 7.76. The number of benzene rings is 1. The Bertz CT molecular complexity index is 227. The summed E-state index contributed by atoms with van der Waals surface area (Å²) in [5.41, 5.74) is 0.953. The first-order chi connectivity index (χ1) is 5.38. The summed E-state index contributed by atoms with van der Waals surface area (Å²) in [4.78, 5) is 0. The lowest BCUT2D eigenvalue weighted by Gasteiger charge is -2.06. The van der Waals surface area contributed by atoms with Gasteiger partial charge in [-0.05, 0) is 19.1 Å². The minimum atomic E-state index is 0.686. The Morgan fingerprint density at radius 3 is 2.82 bits per heavy atom. The fraction of sp³-hybridized carbons (Fsp3) is 0.250. The molecule has 11 heavy (non-hydrogen) atoms. The van der Waals surface area contributed by atoms with E-state index in [-0.39, 0.29) is 0 Å². The van der Waals surface area contributed by atoms with Crippen molar-refractivity contribution in [3.8, 4) is 5.75 Å². The van der Waals surface area contributed by atoms with Crippen molar-refractivity contribution in [2.24, 2.45) is 0 Å². The number of hydrogen-bond donors (Lipinski definition) is 1. The van der Waals surface area contributed by atoms with E-state index in [1.54, 1.807) is 0 Å². The molecule has 0 heterocycles. The number of ether oxygens (including phenoxy) is 1. The molecule has 3 heteroatoms. The third-order valence-electron chi connectivity index (χ3n) is 1.29. The Morgan fingerprint density at radius 1 is 1.45 bits per heavy atom. The molecule has 1 aromatic rings. The topological polar surface area (TPSA) is 21.3 Å². The van der Waals surface area contributed by atoms with Gasteiger partial charge >= 0.3 is 0 Å². The van der Waals surface area contributed by atoms with Crippen molar-refractivity contribution in [2.75, 3.05) is 10.9 Å². The van der Waals surface area contributed by atoms with E-state index in [0.29, 0.717) is 6.61 Å². The first-order valence-electron chi connectivity index (χ1n) is 3.47. The summed E-state index contributed by atoms with van der Waals surface area (Å²) < 4.78 is 8.20. The Balaban J connectivity index is 2.83. The Kier molecular flexibility index (Phi) is 3.23.